The number of imidazole rings is 1. The van der Waals surface area contributed by atoms with Gasteiger partial charge >= 0.3 is 5.95 Å². The first-order valence-corrected chi connectivity index (χ1v) is 4.03. The topological polar surface area (TPSA) is 61.0 Å². The van der Waals surface area contributed by atoms with Crippen LogP contribution in [0.1, 0.15) is 11.4 Å². The molecule has 0 aromatic carbocycles. The predicted octanol–water partition coefficient (Wildman–Crippen LogP) is 1.71. The third-order valence-corrected chi connectivity index (χ3v) is 1.96. The first-order valence-electron chi connectivity index (χ1n) is 3.50. The van der Waals surface area contributed by atoms with Gasteiger partial charge in [-0.1, -0.05) is 11.6 Å². The molecule has 0 saturated carbocycles. The van der Waals surface area contributed by atoms with Gasteiger partial charge in [0, 0.05) is 0 Å². The quantitative estimate of drug-likeness (QED) is 0.425. The van der Waals surface area contributed by atoms with Crippen LogP contribution in [-0.2, 0) is 12.9 Å². The van der Waals surface area contributed by atoms with E-state index in [4.69, 9.17) is 11.6 Å². The summed E-state index contributed by atoms with van der Waals surface area (Å²) in [6, 6.07) is 0. The van der Waals surface area contributed by atoms with Gasteiger partial charge in [-0.25, -0.2) is 4.57 Å². The van der Waals surface area contributed by atoms with E-state index in [0.717, 1.165) is 0 Å². The molecule has 70 valence electrons. The van der Waals surface area contributed by atoms with Crippen molar-refractivity contribution >= 4 is 23.6 Å². The van der Waals surface area contributed by atoms with E-state index >= 15 is 0 Å². The second-order valence-corrected chi connectivity index (χ2v) is 2.66. The average Bonchev–Trinajstić information content (AvgIpc) is 2.41. The van der Waals surface area contributed by atoms with Gasteiger partial charge < -0.3 is 10.1 Å². The van der Waals surface area contributed by atoms with Crippen molar-refractivity contribution in [1.82, 2.24) is 9.55 Å². The Bertz CT molecular complexity index is 359. The lowest BCUT2D eigenvalue weighted by Crippen LogP contribution is -2.00. The lowest BCUT2D eigenvalue weighted by Gasteiger charge is -1.95. The van der Waals surface area contributed by atoms with E-state index in [1.807, 2.05) is 0 Å². The fourth-order valence-electron chi connectivity index (χ4n) is 1.02. The lowest BCUT2D eigenvalue weighted by atomic mass is 10.3. The molecule has 0 amide bonds. The molecule has 1 rings (SSSR count). The third kappa shape index (κ3) is 1.55. The van der Waals surface area contributed by atoms with E-state index in [0.29, 0.717) is 11.4 Å². The smallest absolute Gasteiger partial charge is 0.390 e. The molecule has 1 aromatic rings. The second kappa shape index (κ2) is 3.57. The Hall–Kier alpha value is -1.36. The molecule has 13 heavy (non-hydrogen) atoms. The van der Waals surface area contributed by atoms with Gasteiger partial charge in [0.15, 0.2) is 5.69 Å². The molecule has 0 bridgehead atoms. The van der Waals surface area contributed by atoms with Crippen LogP contribution < -0.4 is 0 Å². The van der Waals surface area contributed by atoms with E-state index < -0.39 is 4.92 Å². The van der Waals surface area contributed by atoms with E-state index in [9.17, 15) is 10.1 Å². The SMILES string of the molecule is C=Cc1nc([N+](=O)[O-])n(C)c1CCl. The van der Waals surface area contributed by atoms with E-state index in [1.54, 1.807) is 7.05 Å². The molecular formula is C7H8ClN3O2. The summed E-state index contributed by atoms with van der Waals surface area (Å²) in [6.45, 7) is 3.50. The number of nitro groups is 1. The van der Waals surface area contributed by atoms with E-state index in [2.05, 4.69) is 11.6 Å². The van der Waals surface area contributed by atoms with Crippen molar-refractivity contribution in [3.8, 4) is 0 Å². The summed E-state index contributed by atoms with van der Waals surface area (Å²) in [5, 5.41) is 10.5. The molecule has 5 nitrogen and oxygen atoms in total. The molecule has 0 aliphatic carbocycles. The van der Waals surface area contributed by atoms with Crippen molar-refractivity contribution in [2.24, 2.45) is 7.05 Å². The van der Waals surface area contributed by atoms with Crippen LogP contribution in [0.25, 0.3) is 6.08 Å². The number of hydrogen-bond donors (Lipinski definition) is 0. The molecule has 1 aromatic heterocycles. The summed E-state index contributed by atoms with van der Waals surface area (Å²) in [5.74, 6) is -0.0378. The lowest BCUT2D eigenvalue weighted by molar-refractivity contribution is -0.396. The number of aromatic nitrogens is 2. The molecule has 0 atom stereocenters. The number of halogens is 1. The standard InChI is InChI=1S/C7H8ClN3O2/c1-3-5-6(4-8)10(2)7(9-5)11(12)13/h3H,1,4H2,2H3. The van der Waals surface area contributed by atoms with Gasteiger partial charge in [-0.05, 0) is 11.0 Å². The maximum atomic E-state index is 10.5. The van der Waals surface area contributed by atoms with Gasteiger partial charge in [0.2, 0.25) is 0 Å². The van der Waals surface area contributed by atoms with Crippen molar-refractivity contribution in [2.45, 2.75) is 5.88 Å². The van der Waals surface area contributed by atoms with Crippen molar-refractivity contribution in [3.05, 3.63) is 28.1 Å². The number of rotatable bonds is 3. The molecule has 0 saturated heterocycles. The van der Waals surface area contributed by atoms with Crippen LogP contribution in [0, 0.1) is 10.1 Å². The van der Waals surface area contributed by atoms with E-state index in [-0.39, 0.29) is 11.8 Å². The zero-order valence-corrected chi connectivity index (χ0v) is 7.78. The van der Waals surface area contributed by atoms with Crippen molar-refractivity contribution in [2.75, 3.05) is 0 Å². The average molecular weight is 202 g/mol. The molecule has 0 fully saturated rings. The highest BCUT2D eigenvalue weighted by Crippen LogP contribution is 2.18. The summed E-state index contributed by atoms with van der Waals surface area (Å²) in [4.78, 5) is 13.7. The summed E-state index contributed by atoms with van der Waals surface area (Å²) < 4.78 is 1.35. The van der Waals surface area contributed by atoms with Gasteiger partial charge in [-0.3, -0.25) is 0 Å². The number of nitrogens with zero attached hydrogens (tertiary/aromatic N) is 3. The molecule has 6 heteroatoms. The third-order valence-electron chi connectivity index (χ3n) is 1.70. The van der Waals surface area contributed by atoms with Crippen LogP contribution in [0.2, 0.25) is 0 Å². The fraction of sp³-hybridized carbons (Fsp3) is 0.286. The van der Waals surface area contributed by atoms with Gasteiger partial charge in [0.05, 0.1) is 12.9 Å². The van der Waals surface area contributed by atoms with Crippen molar-refractivity contribution in [1.29, 1.82) is 0 Å². The molecule has 0 aliphatic rings. The highest BCUT2D eigenvalue weighted by Gasteiger charge is 2.21. The highest BCUT2D eigenvalue weighted by molar-refractivity contribution is 6.17. The maximum Gasteiger partial charge on any atom is 0.435 e. The largest absolute Gasteiger partial charge is 0.435 e. The maximum absolute atomic E-state index is 10.5. The van der Waals surface area contributed by atoms with Crippen LogP contribution in [0.4, 0.5) is 5.95 Å². The second-order valence-electron chi connectivity index (χ2n) is 2.40. The van der Waals surface area contributed by atoms with Crippen LogP contribution in [-0.4, -0.2) is 14.5 Å². The Balaban J connectivity index is 3.34. The minimum absolute atomic E-state index is 0.179. The fourth-order valence-corrected chi connectivity index (χ4v) is 1.34. The summed E-state index contributed by atoms with van der Waals surface area (Å²) in [5.41, 5.74) is 1.06. The molecule has 0 radical (unpaired) electrons. The van der Waals surface area contributed by atoms with Crippen LogP contribution in [0.15, 0.2) is 6.58 Å². The Morgan fingerprint density at radius 1 is 1.85 bits per heavy atom. The summed E-state index contributed by atoms with van der Waals surface area (Å²) in [6.07, 6.45) is 1.45. The van der Waals surface area contributed by atoms with Crippen LogP contribution in [0.3, 0.4) is 0 Å². The molecule has 0 unspecified atom stereocenters. The van der Waals surface area contributed by atoms with Gasteiger partial charge in [-0.2, -0.15) is 0 Å². The zero-order valence-electron chi connectivity index (χ0n) is 7.03. The minimum atomic E-state index is -0.553. The van der Waals surface area contributed by atoms with Gasteiger partial charge in [-0.15, -0.1) is 11.6 Å². The van der Waals surface area contributed by atoms with Crippen LogP contribution in [0.5, 0.6) is 0 Å². The Labute approximate surface area is 79.8 Å². The highest BCUT2D eigenvalue weighted by atomic mass is 35.5. The van der Waals surface area contributed by atoms with Crippen LogP contribution >= 0.6 is 11.6 Å². The summed E-state index contributed by atoms with van der Waals surface area (Å²) in [7, 11) is 1.55. The predicted molar refractivity (Wildman–Crippen MR) is 49.5 cm³/mol. The molecule has 0 spiro atoms. The zero-order chi connectivity index (χ0) is 10.0. The van der Waals surface area contributed by atoms with Gasteiger partial charge in [0.25, 0.3) is 0 Å². The Morgan fingerprint density at radius 2 is 2.46 bits per heavy atom. The molecular weight excluding hydrogens is 194 g/mol. The number of alkyl halides is 1. The minimum Gasteiger partial charge on any atom is -0.390 e. The van der Waals surface area contributed by atoms with Gasteiger partial charge in [0.1, 0.15) is 5.69 Å². The monoisotopic (exact) mass is 201 g/mol. The normalized spacial score (nSPS) is 10.0. The first-order chi connectivity index (χ1) is 6.11. The van der Waals surface area contributed by atoms with Crippen molar-refractivity contribution in [3.63, 3.8) is 0 Å². The first kappa shape index (κ1) is 9.73. The number of hydrogen-bond acceptors (Lipinski definition) is 3. The molecule has 0 N–H and O–H groups in total. The molecule has 0 aliphatic heterocycles. The van der Waals surface area contributed by atoms with E-state index in [1.165, 1.54) is 10.6 Å². The molecule has 1 heterocycles. The van der Waals surface area contributed by atoms with Crippen molar-refractivity contribution < 1.29 is 4.92 Å². The Morgan fingerprint density at radius 3 is 2.77 bits per heavy atom. The Kier molecular flexibility index (Phi) is 2.67. The summed E-state index contributed by atoms with van der Waals surface area (Å²) >= 11 is 5.60.